The zero-order valence-corrected chi connectivity index (χ0v) is 11.7. The molecule has 0 saturated carbocycles. The van der Waals surface area contributed by atoms with Gasteiger partial charge in [-0.15, -0.1) is 0 Å². The maximum Gasteiger partial charge on any atom is 0.0623 e. The van der Waals surface area contributed by atoms with Crippen molar-refractivity contribution in [2.24, 2.45) is 11.7 Å². The predicted molar refractivity (Wildman–Crippen MR) is 71.6 cm³/mol. The van der Waals surface area contributed by atoms with Gasteiger partial charge in [0.15, 0.2) is 0 Å². The third-order valence-electron chi connectivity index (χ3n) is 3.41. The molecule has 0 aliphatic rings. The SMILES string of the molecule is CCCCCCC(C)OCC(N)C(C)CC. The monoisotopic (exact) mass is 229 g/mol. The van der Waals surface area contributed by atoms with Crippen molar-refractivity contribution in [1.82, 2.24) is 0 Å². The van der Waals surface area contributed by atoms with Gasteiger partial charge in [-0.3, -0.25) is 0 Å². The van der Waals surface area contributed by atoms with Gasteiger partial charge >= 0.3 is 0 Å². The minimum Gasteiger partial charge on any atom is -0.377 e. The summed E-state index contributed by atoms with van der Waals surface area (Å²) < 4.78 is 5.78. The lowest BCUT2D eigenvalue weighted by Crippen LogP contribution is -2.34. The van der Waals surface area contributed by atoms with E-state index in [-0.39, 0.29) is 6.04 Å². The van der Waals surface area contributed by atoms with Crippen LogP contribution in [0.15, 0.2) is 0 Å². The van der Waals surface area contributed by atoms with Crippen molar-refractivity contribution >= 4 is 0 Å². The van der Waals surface area contributed by atoms with E-state index in [1.165, 1.54) is 32.1 Å². The highest BCUT2D eigenvalue weighted by Crippen LogP contribution is 2.10. The molecule has 0 aliphatic heterocycles. The molecule has 98 valence electrons. The molecule has 0 heterocycles. The first-order valence-corrected chi connectivity index (χ1v) is 6.98. The molecule has 0 amide bonds. The van der Waals surface area contributed by atoms with Gasteiger partial charge in [0, 0.05) is 6.04 Å². The Morgan fingerprint density at radius 3 is 2.31 bits per heavy atom. The number of nitrogens with two attached hydrogens (primary N) is 1. The van der Waals surface area contributed by atoms with Gasteiger partial charge in [-0.2, -0.15) is 0 Å². The fraction of sp³-hybridized carbons (Fsp3) is 1.00. The summed E-state index contributed by atoms with van der Waals surface area (Å²) in [5.74, 6) is 0.562. The lowest BCUT2D eigenvalue weighted by Gasteiger charge is -2.21. The Morgan fingerprint density at radius 2 is 1.75 bits per heavy atom. The van der Waals surface area contributed by atoms with E-state index in [4.69, 9.17) is 10.5 Å². The second-order valence-corrected chi connectivity index (χ2v) is 5.04. The molecule has 16 heavy (non-hydrogen) atoms. The first-order chi connectivity index (χ1) is 7.61. The Labute approximate surface area is 102 Å². The topological polar surface area (TPSA) is 35.2 Å². The van der Waals surface area contributed by atoms with Crippen molar-refractivity contribution < 1.29 is 4.74 Å². The zero-order chi connectivity index (χ0) is 12.4. The summed E-state index contributed by atoms with van der Waals surface area (Å²) in [7, 11) is 0. The minimum atomic E-state index is 0.197. The summed E-state index contributed by atoms with van der Waals surface area (Å²) in [6.45, 7) is 9.49. The number of hydrogen-bond acceptors (Lipinski definition) is 2. The highest BCUT2D eigenvalue weighted by atomic mass is 16.5. The average Bonchev–Trinajstić information content (AvgIpc) is 2.30. The molecule has 0 bridgehead atoms. The Bertz CT molecular complexity index is 150. The van der Waals surface area contributed by atoms with E-state index < -0.39 is 0 Å². The van der Waals surface area contributed by atoms with Crippen molar-refractivity contribution in [3.8, 4) is 0 Å². The van der Waals surface area contributed by atoms with Gasteiger partial charge in [0.25, 0.3) is 0 Å². The first kappa shape index (κ1) is 15.9. The van der Waals surface area contributed by atoms with Crippen LogP contribution in [0.4, 0.5) is 0 Å². The molecule has 0 spiro atoms. The summed E-state index contributed by atoms with van der Waals surface area (Å²) >= 11 is 0. The summed E-state index contributed by atoms with van der Waals surface area (Å²) in [6.07, 6.45) is 7.94. The minimum absolute atomic E-state index is 0.197. The Hall–Kier alpha value is -0.0800. The van der Waals surface area contributed by atoms with Crippen molar-refractivity contribution in [2.75, 3.05) is 6.61 Å². The van der Waals surface area contributed by atoms with Gasteiger partial charge in [-0.1, -0.05) is 52.9 Å². The van der Waals surface area contributed by atoms with Crippen LogP contribution in [-0.4, -0.2) is 18.8 Å². The Balaban J connectivity index is 3.45. The Kier molecular flexibility index (Phi) is 10.0. The molecule has 0 aromatic carbocycles. The van der Waals surface area contributed by atoms with Crippen LogP contribution < -0.4 is 5.73 Å². The van der Waals surface area contributed by atoms with Crippen molar-refractivity contribution in [1.29, 1.82) is 0 Å². The molecule has 3 unspecified atom stereocenters. The predicted octanol–water partition coefficient (Wildman–Crippen LogP) is 3.74. The smallest absolute Gasteiger partial charge is 0.0623 e. The van der Waals surface area contributed by atoms with Gasteiger partial charge < -0.3 is 10.5 Å². The average molecular weight is 229 g/mol. The van der Waals surface area contributed by atoms with Gasteiger partial charge in [0.05, 0.1) is 12.7 Å². The molecular formula is C14H31NO. The maximum atomic E-state index is 6.03. The molecule has 3 atom stereocenters. The van der Waals surface area contributed by atoms with Crippen LogP contribution in [0, 0.1) is 5.92 Å². The molecule has 0 radical (unpaired) electrons. The quantitative estimate of drug-likeness (QED) is 0.579. The number of hydrogen-bond donors (Lipinski definition) is 1. The van der Waals surface area contributed by atoms with Gasteiger partial charge in [0.2, 0.25) is 0 Å². The van der Waals surface area contributed by atoms with Gasteiger partial charge in [0.1, 0.15) is 0 Å². The number of unbranched alkanes of at least 4 members (excludes halogenated alkanes) is 3. The summed E-state index contributed by atoms with van der Waals surface area (Å²) in [5.41, 5.74) is 6.03. The van der Waals surface area contributed by atoms with Crippen LogP contribution in [0.3, 0.4) is 0 Å². The maximum absolute atomic E-state index is 6.03. The van der Waals surface area contributed by atoms with E-state index >= 15 is 0 Å². The van der Waals surface area contributed by atoms with E-state index in [0.717, 1.165) is 6.42 Å². The fourth-order valence-electron chi connectivity index (χ4n) is 1.68. The normalized spacial score (nSPS) is 17.1. The standard InChI is InChI=1S/C14H31NO/c1-5-7-8-9-10-13(4)16-11-14(15)12(3)6-2/h12-14H,5-11,15H2,1-4H3. The second kappa shape index (κ2) is 10.1. The largest absolute Gasteiger partial charge is 0.377 e. The van der Waals surface area contributed by atoms with E-state index in [1.807, 2.05) is 0 Å². The van der Waals surface area contributed by atoms with Crippen LogP contribution in [0.2, 0.25) is 0 Å². The van der Waals surface area contributed by atoms with Crippen molar-refractivity contribution in [3.05, 3.63) is 0 Å². The molecule has 0 rings (SSSR count). The fourth-order valence-corrected chi connectivity index (χ4v) is 1.68. The van der Waals surface area contributed by atoms with E-state index in [9.17, 15) is 0 Å². The lowest BCUT2D eigenvalue weighted by molar-refractivity contribution is 0.0407. The zero-order valence-electron chi connectivity index (χ0n) is 11.7. The summed E-state index contributed by atoms with van der Waals surface area (Å²) in [5, 5.41) is 0. The third-order valence-corrected chi connectivity index (χ3v) is 3.41. The van der Waals surface area contributed by atoms with Gasteiger partial charge in [-0.25, -0.2) is 0 Å². The summed E-state index contributed by atoms with van der Waals surface area (Å²) in [6, 6.07) is 0.197. The number of rotatable bonds is 10. The molecule has 2 nitrogen and oxygen atoms in total. The molecule has 2 N–H and O–H groups in total. The third kappa shape index (κ3) is 8.12. The molecule has 0 aromatic rings. The summed E-state index contributed by atoms with van der Waals surface area (Å²) in [4.78, 5) is 0. The lowest BCUT2D eigenvalue weighted by atomic mass is 10.0. The van der Waals surface area contributed by atoms with Crippen LogP contribution >= 0.6 is 0 Å². The molecule has 0 aromatic heterocycles. The van der Waals surface area contributed by atoms with E-state index in [2.05, 4.69) is 27.7 Å². The van der Waals surface area contributed by atoms with Crippen molar-refractivity contribution in [2.45, 2.75) is 78.4 Å². The van der Waals surface area contributed by atoms with Crippen molar-refractivity contribution in [3.63, 3.8) is 0 Å². The first-order valence-electron chi connectivity index (χ1n) is 6.98. The molecule has 0 saturated heterocycles. The second-order valence-electron chi connectivity index (χ2n) is 5.04. The van der Waals surface area contributed by atoms with Gasteiger partial charge in [-0.05, 0) is 19.3 Å². The van der Waals surface area contributed by atoms with Crippen LogP contribution in [0.5, 0.6) is 0 Å². The molecule has 0 aliphatic carbocycles. The van der Waals surface area contributed by atoms with Crippen LogP contribution in [-0.2, 0) is 4.74 Å². The molecule has 2 heteroatoms. The highest BCUT2D eigenvalue weighted by molar-refractivity contribution is 4.67. The van der Waals surface area contributed by atoms with Crippen LogP contribution in [0.1, 0.15) is 66.2 Å². The van der Waals surface area contributed by atoms with E-state index in [0.29, 0.717) is 18.6 Å². The molecular weight excluding hydrogens is 198 g/mol. The Morgan fingerprint density at radius 1 is 1.06 bits per heavy atom. The highest BCUT2D eigenvalue weighted by Gasteiger charge is 2.12. The van der Waals surface area contributed by atoms with E-state index in [1.54, 1.807) is 0 Å². The van der Waals surface area contributed by atoms with Crippen LogP contribution in [0.25, 0.3) is 0 Å². The number of ether oxygens (including phenoxy) is 1. The molecule has 0 fully saturated rings.